The molecule has 0 bridgehead atoms. The molecule has 0 fully saturated rings. The number of aromatic nitrogens is 2. The number of aryl methyl sites for hydroxylation is 2. The smallest absolute Gasteiger partial charge is 0.326 e. The molecule has 0 aliphatic heterocycles. The number of carboxylic acids is 1. The quantitative estimate of drug-likeness (QED) is 0.577. The van der Waals surface area contributed by atoms with Gasteiger partial charge in [0.1, 0.15) is 22.2 Å². The largest absolute Gasteiger partial charge is 0.480 e. The zero-order valence-corrected chi connectivity index (χ0v) is 15.8. The Labute approximate surface area is 149 Å². The van der Waals surface area contributed by atoms with Crippen molar-refractivity contribution in [2.45, 2.75) is 45.2 Å². The molecule has 0 aliphatic rings. The minimum Gasteiger partial charge on any atom is -0.480 e. The lowest BCUT2D eigenvalue weighted by Gasteiger charge is -2.16. The molecule has 2 aromatic rings. The number of fused-ring (bicyclic) bond motifs is 1. The molecule has 2 rings (SSSR count). The van der Waals surface area contributed by atoms with E-state index in [2.05, 4.69) is 15.3 Å². The van der Waals surface area contributed by atoms with E-state index < -0.39 is 12.0 Å². The second-order valence-corrected chi connectivity index (χ2v) is 8.19. The number of aliphatic carboxylic acids is 1. The molecular weight excluding hydrogens is 346 g/mol. The van der Waals surface area contributed by atoms with Gasteiger partial charge in [-0.1, -0.05) is 25.6 Å². The zero-order chi connectivity index (χ0) is 17.9. The van der Waals surface area contributed by atoms with Gasteiger partial charge < -0.3 is 10.4 Å². The Morgan fingerprint density at radius 1 is 1.33 bits per heavy atom. The van der Waals surface area contributed by atoms with E-state index >= 15 is 0 Å². The highest BCUT2D eigenvalue weighted by Crippen LogP contribution is 2.34. The summed E-state index contributed by atoms with van der Waals surface area (Å²) < 4.78 is 0. The van der Waals surface area contributed by atoms with Crippen LogP contribution >= 0.6 is 23.1 Å². The fourth-order valence-corrected chi connectivity index (χ4v) is 4.25. The van der Waals surface area contributed by atoms with E-state index in [1.54, 1.807) is 11.3 Å². The molecule has 0 aliphatic carbocycles. The molecule has 24 heavy (non-hydrogen) atoms. The van der Waals surface area contributed by atoms with Crippen LogP contribution in [0, 0.1) is 19.8 Å². The monoisotopic (exact) mass is 367 g/mol. The van der Waals surface area contributed by atoms with Crippen LogP contribution in [0.5, 0.6) is 0 Å². The number of nitrogens with one attached hydrogen (secondary N) is 1. The summed E-state index contributed by atoms with van der Waals surface area (Å²) >= 11 is 2.91. The third kappa shape index (κ3) is 4.45. The van der Waals surface area contributed by atoms with Gasteiger partial charge in [0.05, 0.1) is 5.75 Å². The van der Waals surface area contributed by atoms with Gasteiger partial charge in [0.2, 0.25) is 5.91 Å². The maximum Gasteiger partial charge on any atom is 0.326 e. The first-order valence-corrected chi connectivity index (χ1v) is 9.45. The molecule has 6 nitrogen and oxygen atoms in total. The maximum atomic E-state index is 12.1. The Morgan fingerprint density at radius 2 is 2.04 bits per heavy atom. The third-order valence-corrected chi connectivity index (χ3v) is 5.72. The number of rotatable bonds is 7. The molecule has 0 saturated carbocycles. The minimum absolute atomic E-state index is 0.127. The molecule has 0 radical (unpaired) electrons. The number of thioether (sulfide) groups is 1. The van der Waals surface area contributed by atoms with Gasteiger partial charge in [-0.2, -0.15) is 0 Å². The van der Waals surface area contributed by atoms with Gasteiger partial charge in [0.25, 0.3) is 0 Å². The molecule has 8 heteroatoms. The van der Waals surface area contributed by atoms with Crippen molar-refractivity contribution in [2.75, 3.05) is 5.75 Å². The number of carbonyl (C=O) groups is 2. The molecule has 0 saturated heterocycles. The molecule has 2 heterocycles. The van der Waals surface area contributed by atoms with Crippen molar-refractivity contribution >= 4 is 45.2 Å². The van der Waals surface area contributed by atoms with Gasteiger partial charge in [-0.05, 0) is 31.7 Å². The fraction of sp³-hybridized carbons (Fsp3) is 0.500. The average Bonchev–Trinajstić information content (AvgIpc) is 2.79. The zero-order valence-electron chi connectivity index (χ0n) is 14.1. The van der Waals surface area contributed by atoms with E-state index in [1.165, 1.54) is 23.0 Å². The number of hydrogen-bond acceptors (Lipinski definition) is 6. The van der Waals surface area contributed by atoms with Crippen molar-refractivity contribution in [1.29, 1.82) is 0 Å². The van der Waals surface area contributed by atoms with Crippen molar-refractivity contribution in [2.24, 2.45) is 5.92 Å². The summed E-state index contributed by atoms with van der Waals surface area (Å²) in [7, 11) is 0. The highest BCUT2D eigenvalue weighted by molar-refractivity contribution is 8.00. The molecule has 2 aromatic heterocycles. The molecule has 1 unspecified atom stereocenters. The molecule has 2 N–H and O–H groups in total. The van der Waals surface area contributed by atoms with Crippen LogP contribution in [0.25, 0.3) is 10.2 Å². The Hall–Kier alpha value is -1.67. The first-order valence-electron chi connectivity index (χ1n) is 7.65. The van der Waals surface area contributed by atoms with Crippen LogP contribution in [0.4, 0.5) is 0 Å². The molecule has 1 amide bonds. The molecule has 1 atom stereocenters. The van der Waals surface area contributed by atoms with Crippen LogP contribution in [-0.2, 0) is 9.59 Å². The van der Waals surface area contributed by atoms with Crippen molar-refractivity contribution in [3.8, 4) is 0 Å². The lowest BCUT2D eigenvalue weighted by atomic mass is 10.0. The summed E-state index contributed by atoms with van der Waals surface area (Å²) in [6.07, 6.45) is 1.91. The van der Waals surface area contributed by atoms with E-state index in [9.17, 15) is 14.7 Å². The van der Waals surface area contributed by atoms with Crippen LogP contribution in [0.1, 0.15) is 30.7 Å². The second kappa shape index (κ2) is 7.94. The van der Waals surface area contributed by atoms with Gasteiger partial charge in [-0.15, -0.1) is 11.3 Å². The normalized spacial score (nSPS) is 12.5. The van der Waals surface area contributed by atoms with Crippen molar-refractivity contribution in [3.63, 3.8) is 0 Å². The Kier molecular flexibility index (Phi) is 6.17. The van der Waals surface area contributed by atoms with Crippen LogP contribution in [0.3, 0.4) is 0 Å². The van der Waals surface area contributed by atoms with E-state index in [0.29, 0.717) is 6.42 Å². The summed E-state index contributed by atoms with van der Waals surface area (Å²) in [6.45, 7) is 7.91. The predicted molar refractivity (Wildman–Crippen MR) is 96.6 cm³/mol. The van der Waals surface area contributed by atoms with E-state index in [1.807, 2.05) is 27.7 Å². The number of carboxylic acid groups (broad SMARTS) is 1. The van der Waals surface area contributed by atoms with Crippen molar-refractivity contribution in [3.05, 3.63) is 16.8 Å². The number of carbonyl (C=O) groups excluding carboxylic acids is 1. The number of nitrogens with zero attached hydrogens (tertiary/aromatic N) is 2. The van der Waals surface area contributed by atoms with E-state index in [-0.39, 0.29) is 17.6 Å². The van der Waals surface area contributed by atoms with Crippen LogP contribution < -0.4 is 5.32 Å². The highest BCUT2D eigenvalue weighted by Gasteiger charge is 2.21. The van der Waals surface area contributed by atoms with Gasteiger partial charge in [0.15, 0.2) is 0 Å². The number of hydrogen-bond donors (Lipinski definition) is 2. The fourth-order valence-electron chi connectivity index (χ4n) is 2.32. The Balaban J connectivity index is 2.05. The summed E-state index contributed by atoms with van der Waals surface area (Å²) in [4.78, 5) is 34.0. The highest BCUT2D eigenvalue weighted by atomic mass is 32.2. The maximum absolute atomic E-state index is 12.1. The summed E-state index contributed by atoms with van der Waals surface area (Å²) in [5, 5.41) is 13.5. The van der Waals surface area contributed by atoms with Gasteiger partial charge >= 0.3 is 5.97 Å². The lowest BCUT2D eigenvalue weighted by molar-refractivity contribution is -0.141. The van der Waals surface area contributed by atoms with Crippen LogP contribution in [0.2, 0.25) is 0 Å². The van der Waals surface area contributed by atoms with Gasteiger partial charge in [-0.25, -0.2) is 14.8 Å². The lowest BCUT2D eigenvalue weighted by Crippen LogP contribution is -2.42. The van der Waals surface area contributed by atoms with Crippen molar-refractivity contribution < 1.29 is 14.7 Å². The number of amides is 1. The standard InChI is InChI=1S/C16H21N3O3S2/c1-8(2)5-11(16(21)22)19-12(20)6-23-14-13-9(3)10(4)24-15(13)18-7-17-14/h7-8,11H,5-6H2,1-4H3,(H,19,20)(H,21,22). The summed E-state index contributed by atoms with van der Waals surface area (Å²) in [5.74, 6) is -0.986. The van der Waals surface area contributed by atoms with Crippen LogP contribution in [0.15, 0.2) is 11.4 Å². The molecular formula is C16H21N3O3S2. The SMILES string of the molecule is Cc1sc2ncnc(SCC(=O)NC(CC(C)C)C(=O)O)c2c1C. The van der Waals surface area contributed by atoms with Gasteiger partial charge in [-0.3, -0.25) is 4.79 Å². The summed E-state index contributed by atoms with van der Waals surface area (Å²) in [5.41, 5.74) is 1.13. The van der Waals surface area contributed by atoms with E-state index in [0.717, 1.165) is 20.8 Å². The van der Waals surface area contributed by atoms with E-state index in [4.69, 9.17) is 0 Å². The minimum atomic E-state index is -1.00. The molecule has 0 aromatic carbocycles. The first-order chi connectivity index (χ1) is 11.3. The summed E-state index contributed by atoms with van der Waals surface area (Å²) in [6, 6.07) is -0.853. The molecule has 130 valence electrons. The Bertz CT molecular complexity index is 758. The van der Waals surface area contributed by atoms with Crippen molar-refractivity contribution in [1.82, 2.24) is 15.3 Å². The third-order valence-electron chi connectivity index (χ3n) is 3.61. The molecule has 0 spiro atoms. The average molecular weight is 367 g/mol. The van der Waals surface area contributed by atoms with Gasteiger partial charge in [0, 0.05) is 10.3 Å². The topological polar surface area (TPSA) is 92.2 Å². The second-order valence-electron chi connectivity index (χ2n) is 6.02. The first kappa shape index (κ1) is 18.7. The predicted octanol–water partition coefficient (Wildman–Crippen LogP) is 3.02. The van der Waals surface area contributed by atoms with Crippen LogP contribution in [-0.4, -0.2) is 38.7 Å². The Morgan fingerprint density at radius 3 is 2.67 bits per heavy atom. The number of thiophene rings is 1.